The zero-order valence-electron chi connectivity index (χ0n) is 12.3. The summed E-state index contributed by atoms with van der Waals surface area (Å²) < 4.78 is 5.55. The van der Waals surface area contributed by atoms with Crippen LogP contribution in [-0.4, -0.2) is 63.4 Å². The first-order valence-electron chi connectivity index (χ1n) is 6.99. The molecule has 1 aliphatic rings. The Morgan fingerprint density at radius 2 is 2.09 bits per heavy atom. The monoisotopic (exact) mass is 323 g/mol. The van der Waals surface area contributed by atoms with Crippen LogP contribution in [0.5, 0.6) is 11.5 Å². The maximum absolute atomic E-state index is 11.4. The molecule has 0 saturated carbocycles. The molecule has 0 unspecified atom stereocenters. The number of phenols is 1. The minimum absolute atomic E-state index is 0.0245. The molecular weight excluding hydrogens is 305 g/mol. The molecule has 1 aromatic rings. The summed E-state index contributed by atoms with van der Waals surface area (Å²) in [6.45, 7) is 0.737. The molecule has 0 bridgehead atoms. The lowest BCUT2D eigenvalue weighted by atomic mass is 9.82. The van der Waals surface area contributed by atoms with Gasteiger partial charge in [0.2, 0.25) is 0 Å². The van der Waals surface area contributed by atoms with Crippen molar-refractivity contribution in [3.63, 3.8) is 0 Å². The van der Waals surface area contributed by atoms with Gasteiger partial charge in [0.25, 0.3) is 0 Å². The van der Waals surface area contributed by atoms with Gasteiger partial charge < -0.3 is 35.6 Å². The Kier molecular flexibility index (Phi) is 4.97. The Morgan fingerprint density at radius 3 is 2.61 bits per heavy atom. The number of nitrogens with two attached hydrogens (primary N) is 1. The van der Waals surface area contributed by atoms with Crippen molar-refractivity contribution in [1.82, 2.24) is 4.90 Å². The fraction of sp³-hybridized carbons (Fsp3) is 0.385. The van der Waals surface area contributed by atoms with Crippen LogP contribution in [0, 0.1) is 5.41 Å². The van der Waals surface area contributed by atoms with Gasteiger partial charge in [-0.1, -0.05) is 6.07 Å². The standard InChI is InChI=1S/C13H18BN3O6/c15-13(16)17-5-8(6-17)23-9-2-1-7(3-4-14(21)22)11(18)10(9)12(19)20/h1-2,8,18,21-22H,3-6H2,(H3,15,16)(H,19,20). The van der Waals surface area contributed by atoms with Gasteiger partial charge in [0.05, 0.1) is 13.1 Å². The molecular formula is C13H18BN3O6. The molecule has 124 valence electrons. The van der Waals surface area contributed by atoms with Gasteiger partial charge in [-0.2, -0.15) is 0 Å². The fourth-order valence-electron chi connectivity index (χ4n) is 2.30. The van der Waals surface area contributed by atoms with Crippen LogP contribution in [0.4, 0.5) is 0 Å². The van der Waals surface area contributed by atoms with Crippen LogP contribution in [-0.2, 0) is 6.42 Å². The third-order valence-corrected chi connectivity index (χ3v) is 3.59. The van der Waals surface area contributed by atoms with Crippen molar-refractivity contribution in [2.45, 2.75) is 18.8 Å². The van der Waals surface area contributed by atoms with Crippen molar-refractivity contribution in [1.29, 1.82) is 5.41 Å². The average Bonchev–Trinajstić information content (AvgIpc) is 2.40. The third kappa shape index (κ3) is 3.85. The van der Waals surface area contributed by atoms with Crippen LogP contribution in [0.1, 0.15) is 15.9 Å². The smallest absolute Gasteiger partial charge is 0.451 e. The van der Waals surface area contributed by atoms with Crippen LogP contribution >= 0.6 is 0 Å². The fourth-order valence-corrected chi connectivity index (χ4v) is 2.30. The predicted octanol–water partition coefficient (Wildman–Crippen LogP) is -0.938. The number of hydrogen-bond acceptors (Lipinski definition) is 6. The minimum Gasteiger partial charge on any atom is -0.507 e. The highest BCUT2D eigenvalue weighted by molar-refractivity contribution is 6.41. The minimum atomic E-state index is -1.54. The van der Waals surface area contributed by atoms with Gasteiger partial charge >= 0.3 is 13.1 Å². The quantitative estimate of drug-likeness (QED) is 0.222. The highest BCUT2D eigenvalue weighted by atomic mass is 16.5. The van der Waals surface area contributed by atoms with E-state index in [4.69, 9.17) is 25.9 Å². The van der Waals surface area contributed by atoms with Crippen molar-refractivity contribution in [2.75, 3.05) is 13.1 Å². The van der Waals surface area contributed by atoms with Gasteiger partial charge in [-0.3, -0.25) is 5.41 Å². The molecule has 1 aromatic carbocycles. The zero-order valence-corrected chi connectivity index (χ0v) is 12.3. The molecule has 9 nitrogen and oxygen atoms in total. The van der Waals surface area contributed by atoms with E-state index in [2.05, 4.69) is 0 Å². The number of carbonyl (C=O) groups is 1. The van der Waals surface area contributed by atoms with Crippen LogP contribution in [0.3, 0.4) is 0 Å². The Morgan fingerprint density at radius 1 is 1.43 bits per heavy atom. The highest BCUT2D eigenvalue weighted by Gasteiger charge is 2.31. The van der Waals surface area contributed by atoms with Crippen molar-refractivity contribution in [3.05, 3.63) is 23.3 Å². The Bertz CT molecular complexity index is 618. The molecule has 1 heterocycles. The number of carboxylic acids is 1. The number of aromatic carboxylic acids is 1. The Balaban J connectivity index is 2.15. The van der Waals surface area contributed by atoms with Crippen LogP contribution in [0.15, 0.2) is 12.1 Å². The molecule has 1 fully saturated rings. The lowest BCUT2D eigenvalue weighted by Crippen LogP contribution is -2.58. The summed E-state index contributed by atoms with van der Waals surface area (Å²) in [5.74, 6) is -1.84. The predicted molar refractivity (Wildman–Crippen MR) is 81.7 cm³/mol. The number of likely N-dealkylation sites (tertiary alicyclic amines) is 1. The number of carboxylic acid groups (broad SMARTS) is 1. The van der Waals surface area contributed by atoms with Crippen molar-refractivity contribution in [3.8, 4) is 11.5 Å². The van der Waals surface area contributed by atoms with E-state index in [0.29, 0.717) is 18.7 Å². The van der Waals surface area contributed by atoms with E-state index in [1.165, 1.54) is 12.1 Å². The van der Waals surface area contributed by atoms with Gasteiger partial charge in [-0.15, -0.1) is 0 Å². The molecule has 0 atom stereocenters. The van der Waals surface area contributed by atoms with E-state index >= 15 is 0 Å². The molecule has 1 aliphatic heterocycles. The first-order valence-corrected chi connectivity index (χ1v) is 6.99. The SMILES string of the molecule is N=C(N)N1CC(Oc2ccc(CCB(O)O)c(O)c2C(=O)O)C1. The molecule has 2 rings (SSSR count). The molecule has 0 aliphatic carbocycles. The summed E-state index contributed by atoms with van der Waals surface area (Å²) in [7, 11) is -1.54. The molecule has 7 N–H and O–H groups in total. The van der Waals surface area contributed by atoms with E-state index < -0.39 is 18.8 Å². The third-order valence-electron chi connectivity index (χ3n) is 3.59. The van der Waals surface area contributed by atoms with Crippen molar-refractivity contribution >= 4 is 19.0 Å². The highest BCUT2D eigenvalue weighted by Crippen LogP contribution is 2.33. The first kappa shape index (κ1) is 16.9. The van der Waals surface area contributed by atoms with Crippen molar-refractivity contribution < 1.29 is 29.8 Å². The van der Waals surface area contributed by atoms with Gasteiger partial charge in [0, 0.05) is 0 Å². The lowest BCUT2D eigenvalue weighted by molar-refractivity contribution is 0.0589. The second-order valence-electron chi connectivity index (χ2n) is 5.30. The number of ether oxygens (including phenoxy) is 1. The largest absolute Gasteiger partial charge is 0.507 e. The van der Waals surface area contributed by atoms with Gasteiger partial charge in [0.15, 0.2) is 5.96 Å². The molecule has 0 aromatic heterocycles. The normalized spacial score (nSPS) is 14.3. The number of nitrogens with one attached hydrogen (secondary N) is 1. The van der Waals surface area contributed by atoms with E-state index in [9.17, 15) is 15.0 Å². The van der Waals surface area contributed by atoms with Gasteiger partial charge in [-0.05, 0) is 24.4 Å². The second kappa shape index (κ2) is 6.76. The average molecular weight is 323 g/mol. The number of benzene rings is 1. The van der Waals surface area contributed by atoms with Crippen LogP contribution < -0.4 is 10.5 Å². The summed E-state index contributed by atoms with van der Waals surface area (Å²) in [5, 5.41) is 44.4. The van der Waals surface area contributed by atoms with Gasteiger partial charge in [-0.25, -0.2) is 4.79 Å². The Labute approximate surface area is 132 Å². The molecule has 0 spiro atoms. The number of hydrogen-bond donors (Lipinski definition) is 6. The molecule has 23 heavy (non-hydrogen) atoms. The number of aryl methyl sites for hydroxylation is 1. The number of guanidine groups is 1. The summed E-state index contributed by atoms with van der Waals surface area (Å²) in [5.41, 5.74) is 5.24. The molecule has 10 heteroatoms. The second-order valence-corrected chi connectivity index (χ2v) is 5.30. The molecule has 0 amide bonds. The lowest BCUT2D eigenvalue weighted by Gasteiger charge is -2.39. The van der Waals surface area contributed by atoms with Crippen molar-refractivity contribution in [2.24, 2.45) is 5.73 Å². The molecule has 1 saturated heterocycles. The summed E-state index contributed by atoms with van der Waals surface area (Å²) in [6.07, 6.45) is -0.226. The topological polar surface area (TPSA) is 160 Å². The summed E-state index contributed by atoms with van der Waals surface area (Å²) in [6, 6.07) is 2.92. The zero-order chi connectivity index (χ0) is 17.1. The van der Waals surface area contributed by atoms with E-state index in [1.807, 2.05) is 0 Å². The number of nitrogens with zero attached hydrogens (tertiary/aromatic N) is 1. The van der Waals surface area contributed by atoms with Crippen LogP contribution in [0.2, 0.25) is 6.32 Å². The summed E-state index contributed by atoms with van der Waals surface area (Å²) >= 11 is 0. The van der Waals surface area contributed by atoms with Crippen LogP contribution in [0.25, 0.3) is 0 Å². The number of aromatic hydroxyl groups is 1. The maximum Gasteiger partial charge on any atom is 0.451 e. The molecule has 0 radical (unpaired) electrons. The summed E-state index contributed by atoms with van der Waals surface area (Å²) in [4.78, 5) is 12.9. The van der Waals surface area contributed by atoms with E-state index in [-0.39, 0.29) is 36.1 Å². The van der Waals surface area contributed by atoms with Gasteiger partial charge in [0.1, 0.15) is 23.2 Å². The number of rotatable bonds is 6. The van der Waals surface area contributed by atoms with E-state index in [0.717, 1.165) is 0 Å². The maximum atomic E-state index is 11.4. The Hall–Kier alpha value is -2.46. The van der Waals surface area contributed by atoms with E-state index in [1.54, 1.807) is 4.90 Å². The first-order chi connectivity index (χ1) is 10.8.